The average molecular weight is 329 g/mol. The lowest BCUT2D eigenvalue weighted by Gasteiger charge is -2.13. The van der Waals surface area contributed by atoms with Gasteiger partial charge >= 0.3 is 0 Å². The predicted molar refractivity (Wildman–Crippen MR) is 92.4 cm³/mol. The Morgan fingerprint density at radius 1 is 1.17 bits per heavy atom. The fraction of sp³-hybridized carbons (Fsp3) is 0.222. The number of rotatable bonds is 4. The summed E-state index contributed by atoms with van der Waals surface area (Å²) in [6.07, 6.45) is 1.57. The Balaban J connectivity index is 1.77. The fourth-order valence-corrected chi connectivity index (χ4v) is 2.96. The van der Waals surface area contributed by atoms with Crippen molar-refractivity contribution in [1.29, 1.82) is 0 Å². The minimum atomic E-state index is -0.0521. The molecule has 0 unspecified atom stereocenters. The summed E-state index contributed by atoms with van der Waals surface area (Å²) < 4.78 is 7.42. The molecular formula is C18H17ClN2O2. The smallest absolute Gasteiger partial charge is 0.261 e. The summed E-state index contributed by atoms with van der Waals surface area (Å²) in [6.45, 7) is 4.75. The Kier molecular flexibility index (Phi) is 4.35. The van der Waals surface area contributed by atoms with Gasteiger partial charge in [0.1, 0.15) is 12.4 Å². The normalized spacial score (nSPS) is 10.9. The van der Waals surface area contributed by atoms with Gasteiger partial charge in [-0.2, -0.15) is 0 Å². The molecule has 0 N–H and O–H groups in total. The Hall–Kier alpha value is -2.33. The van der Waals surface area contributed by atoms with Gasteiger partial charge in [0.25, 0.3) is 5.56 Å². The molecule has 0 radical (unpaired) electrons. The molecule has 3 aromatic rings. The lowest BCUT2D eigenvalue weighted by Crippen LogP contribution is -2.23. The van der Waals surface area contributed by atoms with Crippen molar-refractivity contribution < 1.29 is 4.74 Å². The predicted octanol–water partition coefficient (Wildman–Crippen LogP) is 3.75. The molecule has 5 heteroatoms. The number of aryl methyl sites for hydroxylation is 2. The van der Waals surface area contributed by atoms with E-state index in [1.807, 2.05) is 44.2 Å². The standard InChI is InChI=1S/C18H17ClN2O2/c1-12-9-14(19)10-13(2)17(12)23-8-7-21-11-20-16-6-4-3-5-15(16)18(21)22/h3-6,9-11H,7-8H2,1-2H3. The number of benzene rings is 2. The van der Waals surface area contributed by atoms with E-state index in [0.717, 1.165) is 16.9 Å². The third kappa shape index (κ3) is 3.22. The topological polar surface area (TPSA) is 44.1 Å². The molecule has 0 aliphatic heterocycles. The van der Waals surface area contributed by atoms with Crippen LogP contribution in [-0.2, 0) is 6.54 Å². The Bertz CT molecular complexity index is 895. The first-order chi connectivity index (χ1) is 11.1. The van der Waals surface area contributed by atoms with Gasteiger partial charge in [-0.05, 0) is 49.2 Å². The van der Waals surface area contributed by atoms with E-state index in [0.29, 0.717) is 29.1 Å². The molecule has 3 rings (SSSR count). The molecule has 0 saturated carbocycles. The number of halogens is 1. The highest BCUT2D eigenvalue weighted by molar-refractivity contribution is 6.30. The van der Waals surface area contributed by atoms with Crippen molar-refractivity contribution in [3.05, 3.63) is 69.2 Å². The number of aromatic nitrogens is 2. The summed E-state index contributed by atoms with van der Waals surface area (Å²) in [7, 11) is 0. The molecule has 0 bridgehead atoms. The molecule has 1 aromatic heterocycles. The highest BCUT2D eigenvalue weighted by atomic mass is 35.5. The summed E-state index contributed by atoms with van der Waals surface area (Å²) in [5.74, 6) is 0.816. The van der Waals surface area contributed by atoms with Gasteiger partial charge in [-0.1, -0.05) is 23.7 Å². The van der Waals surface area contributed by atoms with Gasteiger partial charge in [0.05, 0.1) is 23.8 Å². The summed E-state index contributed by atoms with van der Waals surface area (Å²) >= 11 is 6.02. The molecular weight excluding hydrogens is 312 g/mol. The highest BCUT2D eigenvalue weighted by Gasteiger charge is 2.07. The van der Waals surface area contributed by atoms with Gasteiger partial charge in [-0.25, -0.2) is 4.98 Å². The molecule has 2 aromatic carbocycles. The van der Waals surface area contributed by atoms with Crippen molar-refractivity contribution in [2.24, 2.45) is 0 Å². The minimum Gasteiger partial charge on any atom is -0.491 e. The van der Waals surface area contributed by atoms with Crippen LogP contribution in [0.1, 0.15) is 11.1 Å². The van der Waals surface area contributed by atoms with Crippen LogP contribution in [-0.4, -0.2) is 16.2 Å². The van der Waals surface area contributed by atoms with Crippen LogP contribution < -0.4 is 10.3 Å². The van der Waals surface area contributed by atoms with Crippen LogP contribution in [0.25, 0.3) is 10.9 Å². The summed E-state index contributed by atoms with van der Waals surface area (Å²) in [5, 5.41) is 1.32. The molecule has 118 valence electrons. The van der Waals surface area contributed by atoms with Crippen LogP contribution in [0.4, 0.5) is 0 Å². The maximum atomic E-state index is 12.4. The van der Waals surface area contributed by atoms with Gasteiger partial charge in [0.2, 0.25) is 0 Å². The number of ether oxygens (including phenoxy) is 1. The average Bonchev–Trinajstić information content (AvgIpc) is 2.52. The van der Waals surface area contributed by atoms with Crippen molar-refractivity contribution >= 4 is 22.5 Å². The summed E-state index contributed by atoms with van der Waals surface area (Å²) in [6, 6.07) is 11.1. The van der Waals surface area contributed by atoms with E-state index in [-0.39, 0.29) is 5.56 Å². The van der Waals surface area contributed by atoms with E-state index in [4.69, 9.17) is 16.3 Å². The third-order valence-corrected chi connectivity index (χ3v) is 3.95. The molecule has 23 heavy (non-hydrogen) atoms. The summed E-state index contributed by atoms with van der Waals surface area (Å²) in [4.78, 5) is 16.7. The van der Waals surface area contributed by atoms with E-state index in [1.54, 1.807) is 17.0 Å². The second-order valence-corrected chi connectivity index (χ2v) is 5.91. The number of nitrogens with zero attached hydrogens (tertiary/aromatic N) is 2. The zero-order valence-corrected chi connectivity index (χ0v) is 13.8. The maximum absolute atomic E-state index is 12.4. The van der Waals surface area contributed by atoms with Crippen LogP contribution >= 0.6 is 11.6 Å². The molecule has 0 atom stereocenters. The molecule has 4 nitrogen and oxygen atoms in total. The molecule has 0 saturated heterocycles. The fourth-order valence-electron chi connectivity index (χ4n) is 2.64. The Morgan fingerprint density at radius 2 is 1.87 bits per heavy atom. The van der Waals surface area contributed by atoms with E-state index in [2.05, 4.69) is 4.98 Å². The van der Waals surface area contributed by atoms with Crippen molar-refractivity contribution in [1.82, 2.24) is 9.55 Å². The van der Waals surface area contributed by atoms with Gasteiger partial charge in [-0.3, -0.25) is 9.36 Å². The van der Waals surface area contributed by atoms with Gasteiger partial charge in [-0.15, -0.1) is 0 Å². The second kappa shape index (κ2) is 6.42. The number of hydrogen-bond acceptors (Lipinski definition) is 3. The van der Waals surface area contributed by atoms with Crippen LogP contribution in [0.3, 0.4) is 0 Å². The molecule has 1 heterocycles. The van der Waals surface area contributed by atoms with Crippen molar-refractivity contribution in [2.45, 2.75) is 20.4 Å². The molecule has 0 fully saturated rings. The van der Waals surface area contributed by atoms with Crippen LogP contribution in [0.15, 0.2) is 47.5 Å². The van der Waals surface area contributed by atoms with E-state index in [1.165, 1.54) is 0 Å². The second-order valence-electron chi connectivity index (χ2n) is 5.48. The molecule has 0 aliphatic carbocycles. The first kappa shape index (κ1) is 15.6. The van der Waals surface area contributed by atoms with Gasteiger partial charge in [0, 0.05) is 5.02 Å². The van der Waals surface area contributed by atoms with Crippen molar-refractivity contribution in [3.8, 4) is 5.75 Å². The third-order valence-electron chi connectivity index (χ3n) is 3.74. The number of fused-ring (bicyclic) bond motifs is 1. The van der Waals surface area contributed by atoms with Crippen LogP contribution in [0.2, 0.25) is 5.02 Å². The molecule has 0 spiro atoms. The molecule has 0 aliphatic rings. The maximum Gasteiger partial charge on any atom is 0.261 e. The van der Waals surface area contributed by atoms with Crippen LogP contribution in [0.5, 0.6) is 5.75 Å². The first-order valence-corrected chi connectivity index (χ1v) is 7.78. The van der Waals surface area contributed by atoms with Gasteiger partial charge in [0.15, 0.2) is 0 Å². The van der Waals surface area contributed by atoms with E-state index in [9.17, 15) is 4.79 Å². The highest BCUT2D eigenvalue weighted by Crippen LogP contribution is 2.26. The minimum absolute atomic E-state index is 0.0521. The lowest BCUT2D eigenvalue weighted by molar-refractivity contribution is 0.292. The zero-order chi connectivity index (χ0) is 16.4. The van der Waals surface area contributed by atoms with Crippen molar-refractivity contribution in [2.75, 3.05) is 6.61 Å². The van der Waals surface area contributed by atoms with E-state index >= 15 is 0 Å². The number of hydrogen-bond donors (Lipinski definition) is 0. The lowest BCUT2D eigenvalue weighted by atomic mass is 10.1. The van der Waals surface area contributed by atoms with E-state index < -0.39 is 0 Å². The Morgan fingerprint density at radius 3 is 2.61 bits per heavy atom. The van der Waals surface area contributed by atoms with Crippen molar-refractivity contribution in [3.63, 3.8) is 0 Å². The first-order valence-electron chi connectivity index (χ1n) is 7.40. The molecule has 0 amide bonds. The zero-order valence-electron chi connectivity index (χ0n) is 13.0. The largest absolute Gasteiger partial charge is 0.491 e. The van der Waals surface area contributed by atoms with Crippen LogP contribution in [0, 0.1) is 13.8 Å². The monoisotopic (exact) mass is 328 g/mol. The van der Waals surface area contributed by atoms with Gasteiger partial charge < -0.3 is 4.74 Å². The Labute approximate surface area is 139 Å². The quantitative estimate of drug-likeness (QED) is 0.732. The summed E-state index contributed by atoms with van der Waals surface area (Å²) in [5.41, 5.74) is 2.63. The SMILES string of the molecule is Cc1cc(Cl)cc(C)c1OCCn1cnc2ccccc2c1=O. The number of para-hydroxylation sites is 1.